The summed E-state index contributed by atoms with van der Waals surface area (Å²) in [5.41, 5.74) is 1.28. The fraction of sp³-hybridized carbons (Fsp3) is 0.533. The lowest BCUT2D eigenvalue weighted by Crippen LogP contribution is -2.53. The van der Waals surface area contributed by atoms with Gasteiger partial charge in [-0.3, -0.25) is 33.7 Å². The number of ether oxygens (including phenoxy) is 3. The minimum absolute atomic E-state index is 0.0155. The molecule has 2 atom stereocenters. The van der Waals surface area contributed by atoms with Gasteiger partial charge in [0.1, 0.15) is 18.7 Å². The lowest BCUT2D eigenvalue weighted by molar-refractivity contribution is -0.148. The van der Waals surface area contributed by atoms with Gasteiger partial charge in [-0.1, -0.05) is 39.8 Å². The van der Waals surface area contributed by atoms with Crippen LogP contribution in [0.5, 0.6) is 0 Å². The maximum Gasteiger partial charge on any atom is 0.308 e. The summed E-state index contributed by atoms with van der Waals surface area (Å²) in [6.07, 6.45) is 2.43. The van der Waals surface area contributed by atoms with E-state index in [2.05, 4.69) is 16.0 Å². The Morgan fingerprint density at radius 1 is 0.791 bits per heavy atom. The molecular formula is C30H42N4O9. The second-order valence-electron chi connectivity index (χ2n) is 10.6. The molecule has 0 saturated heterocycles. The van der Waals surface area contributed by atoms with Crippen LogP contribution >= 0.6 is 0 Å². The van der Waals surface area contributed by atoms with Crippen LogP contribution in [0.1, 0.15) is 46.6 Å². The fourth-order valence-electron chi connectivity index (χ4n) is 3.70. The molecule has 0 bridgehead atoms. The minimum atomic E-state index is -0.876. The Bertz CT molecular complexity index is 1150. The molecule has 236 valence electrons. The average Bonchev–Trinajstić information content (AvgIpc) is 3.28. The van der Waals surface area contributed by atoms with Crippen LogP contribution < -0.4 is 16.0 Å². The maximum absolute atomic E-state index is 12.9. The second-order valence-corrected chi connectivity index (χ2v) is 10.6. The maximum atomic E-state index is 12.9. The van der Waals surface area contributed by atoms with E-state index in [1.807, 2.05) is 0 Å². The predicted molar refractivity (Wildman–Crippen MR) is 156 cm³/mol. The highest BCUT2D eigenvalue weighted by Crippen LogP contribution is 2.12. The molecule has 1 aromatic rings. The van der Waals surface area contributed by atoms with Crippen LogP contribution in [-0.4, -0.2) is 85.5 Å². The fourth-order valence-corrected chi connectivity index (χ4v) is 3.70. The summed E-state index contributed by atoms with van der Waals surface area (Å²) in [7, 11) is 0. The van der Waals surface area contributed by atoms with Crippen molar-refractivity contribution in [3.8, 4) is 0 Å². The summed E-state index contributed by atoms with van der Waals surface area (Å²) in [6.45, 7) is 9.60. The number of nitrogens with one attached hydrogen (secondary N) is 3. The first kappa shape index (κ1) is 35.1. The molecule has 0 aliphatic carbocycles. The number of hydrogen-bond acceptors (Lipinski definition) is 9. The molecule has 0 aromatic heterocycles. The molecule has 0 saturated carbocycles. The Morgan fingerprint density at radius 2 is 1.40 bits per heavy atom. The van der Waals surface area contributed by atoms with Gasteiger partial charge in [0.25, 0.3) is 11.8 Å². The molecule has 1 aliphatic heterocycles. The van der Waals surface area contributed by atoms with Gasteiger partial charge in [0.2, 0.25) is 17.7 Å². The number of benzene rings is 1. The number of anilines is 1. The van der Waals surface area contributed by atoms with Gasteiger partial charge >= 0.3 is 5.97 Å². The van der Waals surface area contributed by atoms with Gasteiger partial charge in [-0.05, 0) is 30.5 Å². The van der Waals surface area contributed by atoms with Crippen LogP contribution in [0.4, 0.5) is 5.69 Å². The number of imide groups is 1. The Hall–Kier alpha value is -4.10. The third-order valence-electron chi connectivity index (χ3n) is 6.30. The van der Waals surface area contributed by atoms with E-state index in [-0.39, 0.29) is 81.5 Å². The van der Waals surface area contributed by atoms with Gasteiger partial charge in [-0.2, -0.15) is 0 Å². The number of carbonyl (C=O) groups is 6. The molecule has 1 aromatic carbocycles. The Labute approximate surface area is 251 Å². The van der Waals surface area contributed by atoms with Gasteiger partial charge in [-0.25, -0.2) is 0 Å². The first-order chi connectivity index (χ1) is 20.4. The van der Waals surface area contributed by atoms with Gasteiger partial charge in [0, 0.05) is 24.3 Å². The van der Waals surface area contributed by atoms with Crippen molar-refractivity contribution in [3.05, 3.63) is 42.0 Å². The third-order valence-corrected chi connectivity index (χ3v) is 6.30. The molecule has 0 radical (unpaired) electrons. The van der Waals surface area contributed by atoms with E-state index < -0.39 is 23.9 Å². The molecule has 0 unspecified atom stereocenters. The zero-order chi connectivity index (χ0) is 31.9. The van der Waals surface area contributed by atoms with E-state index >= 15 is 0 Å². The van der Waals surface area contributed by atoms with E-state index in [0.717, 1.165) is 10.5 Å². The summed E-state index contributed by atoms with van der Waals surface area (Å²) in [5.74, 6) is -2.81. The van der Waals surface area contributed by atoms with E-state index in [1.165, 1.54) is 12.2 Å². The van der Waals surface area contributed by atoms with Crippen molar-refractivity contribution in [2.75, 3.05) is 38.3 Å². The number of hydrogen-bond donors (Lipinski definition) is 3. The monoisotopic (exact) mass is 602 g/mol. The van der Waals surface area contributed by atoms with Gasteiger partial charge < -0.3 is 30.2 Å². The zero-order valence-corrected chi connectivity index (χ0v) is 25.3. The molecule has 43 heavy (non-hydrogen) atoms. The predicted octanol–water partition coefficient (Wildman–Crippen LogP) is 1.32. The Kier molecular flexibility index (Phi) is 14.5. The minimum Gasteiger partial charge on any atom is -0.461 e. The number of nitrogens with zero attached hydrogens (tertiary/aromatic N) is 1. The molecular weight excluding hydrogens is 560 g/mol. The molecule has 2 rings (SSSR count). The molecule has 1 aliphatic rings. The number of esters is 1. The van der Waals surface area contributed by atoms with Crippen molar-refractivity contribution < 1.29 is 43.0 Å². The van der Waals surface area contributed by atoms with E-state index in [0.29, 0.717) is 5.69 Å². The van der Waals surface area contributed by atoms with E-state index in [9.17, 15) is 28.8 Å². The van der Waals surface area contributed by atoms with Gasteiger partial charge in [0.15, 0.2) is 0 Å². The zero-order valence-electron chi connectivity index (χ0n) is 25.3. The SMILES string of the molecule is CC(C)C(=O)OCc1ccc(NC(=O)[C@H](C)NC(=O)[C@@H](NC(=O)CCOCCOCCN2C(=O)C=CC2=O)C(C)C)cc1. The van der Waals surface area contributed by atoms with Crippen LogP contribution in [0.25, 0.3) is 0 Å². The van der Waals surface area contributed by atoms with Crippen LogP contribution in [-0.2, 0) is 49.6 Å². The summed E-state index contributed by atoms with van der Waals surface area (Å²) in [6, 6.07) is 5.07. The highest BCUT2D eigenvalue weighted by atomic mass is 16.5. The van der Waals surface area contributed by atoms with E-state index in [4.69, 9.17) is 14.2 Å². The second kappa shape index (κ2) is 17.8. The first-order valence-electron chi connectivity index (χ1n) is 14.2. The normalized spacial score (nSPS) is 14.2. The Morgan fingerprint density at radius 3 is 1.98 bits per heavy atom. The largest absolute Gasteiger partial charge is 0.461 e. The van der Waals surface area contributed by atoms with Crippen molar-refractivity contribution in [1.29, 1.82) is 0 Å². The van der Waals surface area contributed by atoms with Crippen LogP contribution in [0.3, 0.4) is 0 Å². The standard InChI is InChI=1S/C30H42N4O9/c1-19(2)27(33-24(35)12-14-41-16-17-42-15-13-34-25(36)10-11-26(34)37)29(39)31-21(5)28(38)32-23-8-6-22(7-9-23)18-43-30(40)20(3)4/h6-11,19-21,27H,12-18H2,1-5H3,(H,31,39)(H,32,38)(H,33,35)/t21-,27-/m0/s1. The van der Waals surface area contributed by atoms with Crippen molar-refractivity contribution in [2.24, 2.45) is 11.8 Å². The summed E-state index contributed by atoms with van der Waals surface area (Å²) >= 11 is 0. The third kappa shape index (κ3) is 12.3. The van der Waals surface area contributed by atoms with Crippen LogP contribution in [0.15, 0.2) is 36.4 Å². The van der Waals surface area contributed by atoms with Crippen molar-refractivity contribution in [1.82, 2.24) is 15.5 Å². The Balaban J connectivity index is 1.67. The molecule has 13 nitrogen and oxygen atoms in total. The van der Waals surface area contributed by atoms with Crippen molar-refractivity contribution >= 4 is 41.2 Å². The number of amides is 5. The number of rotatable bonds is 18. The molecule has 5 amide bonds. The lowest BCUT2D eigenvalue weighted by Gasteiger charge is -2.24. The lowest BCUT2D eigenvalue weighted by atomic mass is 10.0. The summed E-state index contributed by atoms with van der Waals surface area (Å²) < 4.78 is 15.9. The molecule has 13 heteroatoms. The topological polar surface area (TPSA) is 169 Å². The molecule has 0 spiro atoms. The van der Waals surface area contributed by atoms with Crippen molar-refractivity contribution in [3.63, 3.8) is 0 Å². The van der Waals surface area contributed by atoms with Crippen LogP contribution in [0.2, 0.25) is 0 Å². The number of carbonyl (C=O) groups excluding carboxylic acids is 6. The smallest absolute Gasteiger partial charge is 0.308 e. The summed E-state index contributed by atoms with van der Waals surface area (Å²) in [4.78, 5) is 73.6. The van der Waals surface area contributed by atoms with Gasteiger partial charge in [-0.15, -0.1) is 0 Å². The highest BCUT2D eigenvalue weighted by Gasteiger charge is 2.27. The van der Waals surface area contributed by atoms with Gasteiger partial charge in [0.05, 0.1) is 38.9 Å². The molecule has 3 N–H and O–H groups in total. The quantitative estimate of drug-likeness (QED) is 0.127. The summed E-state index contributed by atoms with van der Waals surface area (Å²) in [5, 5.41) is 8.06. The van der Waals surface area contributed by atoms with Crippen molar-refractivity contribution in [2.45, 2.75) is 59.7 Å². The molecule has 1 heterocycles. The average molecular weight is 603 g/mol. The van der Waals surface area contributed by atoms with Crippen LogP contribution in [0, 0.1) is 11.8 Å². The first-order valence-corrected chi connectivity index (χ1v) is 14.2. The molecule has 0 fully saturated rings. The van der Waals surface area contributed by atoms with E-state index in [1.54, 1.807) is 58.9 Å². The highest BCUT2D eigenvalue weighted by molar-refractivity contribution is 6.12.